The van der Waals surface area contributed by atoms with Gasteiger partial charge in [0.1, 0.15) is 6.33 Å². The summed E-state index contributed by atoms with van der Waals surface area (Å²) in [5.41, 5.74) is 1.67. The van der Waals surface area contributed by atoms with Gasteiger partial charge >= 0.3 is 5.69 Å². The van der Waals surface area contributed by atoms with E-state index in [9.17, 15) is 9.90 Å². The summed E-state index contributed by atoms with van der Waals surface area (Å²) in [5.74, 6) is 0. The molecule has 0 aliphatic rings. The van der Waals surface area contributed by atoms with E-state index >= 15 is 0 Å². The van der Waals surface area contributed by atoms with Crippen LogP contribution in [0.4, 0.5) is 0 Å². The van der Waals surface area contributed by atoms with Crippen LogP contribution in [0, 0.1) is 6.92 Å². The third-order valence-corrected chi connectivity index (χ3v) is 3.35. The molecule has 0 aliphatic carbocycles. The highest BCUT2D eigenvalue weighted by Crippen LogP contribution is 2.12. The van der Waals surface area contributed by atoms with Crippen LogP contribution in [0.15, 0.2) is 29.5 Å². The molecule has 0 bridgehead atoms. The Labute approximate surface area is 117 Å². The third-order valence-electron chi connectivity index (χ3n) is 3.35. The molecule has 1 N–H and O–H groups in total. The van der Waals surface area contributed by atoms with E-state index in [0.29, 0.717) is 13.0 Å². The second-order valence-corrected chi connectivity index (χ2v) is 5.03. The van der Waals surface area contributed by atoms with Crippen LogP contribution in [-0.2, 0) is 6.54 Å². The van der Waals surface area contributed by atoms with E-state index in [4.69, 9.17) is 0 Å². The molecule has 6 heteroatoms. The summed E-state index contributed by atoms with van der Waals surface area (Å²) in [5, 5.41) is 13.8. The smallest absolute Gasteiger partial charge is 0.346 e. The minimum absolute atomic E-state index is 0.222. The molecular formula is C14H20N4O2. The van der Waals surface area contributed by atoms with E-state index in [-0.39, 0.29) is 11.7 Å². The van der Waals surface area contributed by atoms with E-state index in [1.807, 2.05) is 26.0 Å². The molecule has 2 atom stereocenters. The molecule has 0 amide bonds. The molecule has 2 rings (SSSR count). The van der Waals surface area contributed by atoms with Crippen molar-refractivity contribution in [2.24, 2.45) is 0 Å². The number of aliphatic hydroxyl groups is 1. The first-order chi connectivity index (χ1) is 9.52. The van der Waals surface area contributed by atoms with Gasteiger partial charge in [0.25, 0.3) is 0 Å². The number of hydrogen-bond acceptors (Lipinski definition) is 4. The predicted octanol–water partition coefficient (Wildman–Crippen LogP) is 1.13. The van der Waals surface area contributed by atoms with Crippen LogP contribution in [0.5, 0.6) is 0 Å². The highest BCUT2D eigenvalue weighted by atomic mass is 16.3. The Balaban J connectivity index is 2.25. The molecule has 2 aromatic rings. The van der Waals surface area contributed by atoms with Gasteiger partial charge in [-0.3, -0.25) is 9.55 Å². The summed E-state index contributed by atoms with van der Waals surface area (Å²) >= 11 is 0. The zero-order valence-corrected chi connectivity index (χ0v) is 12.0. The average molecular weight is 276 g/mol. The molecule has 6 nitrogen and oxygen atoms in total. The minimum atomic E-state index is -0.612. The number of aryl methyl sites for hydroxylation is 1. The molecule has 0 radical (unpaired) electrons. The van der Waals surface area contributed by atoms with E-state index in [0.717, 1.165) is 11.3 Å². The van der Waals surface area contributed by atoms with Crippen molar-refractivity contribution in [2.75, 3.05) is 0 Å². The normalized spacial score (nSPS) is 14.2. The number of aliphatic hydroxyl groups excluding tert-OH is 1. The lowest BCUT2D eigenvalue weighted by molar-refractivity contribution is 0.118. The van der Waals surface area contributed by atoms with Crippen molar-refractivity contribution in [1.82, 2.24) is 19.3 Å². The maximum atomic E-state index is 12.3. The molecule has 2 aromatic heterocycles. The molecule has 0 saturated carbocycles. The Bertz CT molecular complexity index is 613. The van der Waals surface area contributed by atoms with Crippen LogP contribution < -0.4 is 5.69 Å². The van der Waals surface area contributed by atoms with Crippen molar-refractivity contribution in [1.29, 1.82) is 0 Å². The van der Waals surface area contributed by atoms with Gasteiger partial charge in [-0.15, -0.1) is 0 Å². The van der Waals surface area contributed by atoms with Crippen LogP contribution in [0.3, 0.4) is 0 Å². The fraction of sp³-hybridized carbons (Fsp3) is 0.500. The average Bonchev–Trinajstić information content (AvgIpc) is 2.75. The maximum absolute atomic E-state index is 12.3. The van der Waals surface area contributed by atoms with Crippen molar-refractivity contribution in [3.05, 3.63) is 46.4 Å². The van der Waals surface area contributed by atoms with Gasteiger partial charge in [0.2, 0.25) is 0 Å². The van der Waals surface area contributed by atoms with E-state index < -0.39 is 6.10 Å². The Kier molecular flexibility index (Phi) is 4.34. The summed E-state index contributed by atoms with van der Waals surface area (Å²) < 4.78 is 2.85. The largest absolute Gasteiger partial charge is 0.391 e. The van der Waals surface area contributed by atoms with Crippen LogP contribution in [0.2, 0.25) is 0 Å². The van der Waals surface area contributed by atoms with Gasteiger partial charge in [-0.2, -0.15) is 5.10 Å². The molecule has 108 valence electrons. The lowest BCUT2D eigenvalue weighted by Gasteiger charge is -2.16. The molecule has 0 unspecified atom stereocenters. The molecule has 0 saturated heterocycles. The first-order valence-electron chi connectivity index (χ1n) is 6.76. The lowest BCUT2D eigenvalue weighted by atomic mass is 10.1. The summed E-state index contributed by atoms with van der Waals surface area (Å²) in [6.45, 7) is 5.94. The van der Waals surface area contributed by atoms with Crippen molar-refractivity contribution in [3.63, 3.8) is 0 Å². The van der Waals surface area contributed by atoms with Gasteiger partial charge in [-0.1, -0.05) is 13.0 Å². The van der Waals surface area contributed by atoms with Crippen LogP contribution in [0.25, 0.3) is 0 Å². The Hall–Kier alpha value is -1.95. The second kappa shape index (κ2) is 6.00. The first-order valence-corrected chi connectivity index (χ1v) is 6.76. The lowest BCUT2D eigenvalue weighted by Crippen LogP contribution is -2.33. The molecule has 20 heavy (non-hydrogen) atoms. The molecule has 0 aromatic carbocycles. The summed E-state index contributed by atoms with van der Waals surface area (Å²) in [7, 11) is 0. The van der Waals surface area contributed by atoms with Crippen molar-refractivity contribution in [3.8, 4) is 0 Å². The van der Waals surface area contributed by atoms with Gasteiger partial charge in [0.15, 0.2) is 0 Å². The monoisotopic (exact) mass is 276 g/mol. The molecular weight excluding hydrogens is 256 g/mol. The van der Waals surface area contributed by atoms with Gasteiger partial charge in [-0.25, -0.2) is 9.48 Å². The zero-order chi connectivity index (χ0) is 14.7. The molecule has 2 heterocycles. The van der Waals surface area contributed by atoms with Gasteiger partial charge in [0.05, 0.1) is 24.4 Å². The standard InChI is InChI=1S/C14H20N4O2/c1-4-13(11(3)19)18-14(20)17(9-16-18)8-12-6-5-10(2)7-15-12/h5-7,9,11,13,19H,4,8H2,1-3H3/t11-,13+/m1/s1. The minimum Gasteiger partial charge on any atom is -0.391 e. The highest BCUT2D eigenvalue weighted by Gasteiger charge is 2.19. The summed E-state index contributed by atoms with van der Waals surface area (Å²) in [6, 6.07) is 3.56. The number of rotatable bonds is 5. The highest BCUT2D eigenvalue weighted by molar-refractivity contribution is 5.12. The second-order valence-electron chi connectivity index (χ2n) is 5.03. The molecule has 0 fully saturated rings. The van der Waals surface area contributed by atoms with Crippen molar-refractivity contribution in [2.45, 2.75) is 45.9 Å². The summed E-state index contributed by atoms with van der Waals surface area (Å²) in [4.78, 5) is 16.5. The number of pyridine rings is 1. The number of hydrogen-bond donors (Lipinski definition) is 1. The SMILES string of the molecule is CC[C@@H]([C@@H](C)O)n1ncn(Cc2ccc(C)cn2)c1=O. The Morgan fingerprint density at radius 3 is 2.70 bits per heavy atom. The van der Waals surface area contributed by atoms with Crippen molar-refractivity contribution >= 4 is 0 Å². The first kappa shape index (κ1) is 14.5. The topological polar surface area (TPSA) is 72.9 Å². The Morgan fingerprint density at radius 2 is 2.15 bits per heavy atom. The zero-order valence-electron chi connectivity index (χ0n) is 12.0. The van der Waals surface area contributed by atoms with Crippen LogP contribution in [-0.4, -0.2) is 30.5 Å². The van der Waals surface area contributed by atoms with Gasteiger partial charge < -0.3 is 5.11 Å². The maximum Gasteiger partial charge on any atom is 0.346 e. The number of aromatic nitrogens is 4. The van der Waals surface area contributed by atoms with Crippen molar-refractivity contribution < 1.29 is 5.11 Å². The van der Waals surface area contributed by atoms with E-state index in [1.54, 1.807) is 13.1 Å². The fourth-order valence-corrected chi connectivity index (χ4v) is 2.17. The van der Waals surface area contributed by atoms with E-state index in [2.05, 4.69) is 10.1 Å². The Morgan fingerprint density at radius 1 is 1.40 bits per heavy atom. The van der Waals surface area contributed by atoms with Gasteiger partial charge in [0, 0.05) is 6.20 Å². The molecule has 0 aliphatic heterocycles. The van der Waals surface area contributed by atoms with E-state index in [1.165, 1.54) is 15.6 Å². The number of nitrogens with zero attached hydrogens (tertiary/aromatic N) is 4. The fourth-order valence-electron chi connectivity index (χ4n) is 2.17. The summed E-state index contributed by atoms with van der Waals surface area (Å²) in [6.07, 6.45) is 3.31. The van der Waals surface area contributed by atoms with Crippen LogP contribution >= 0.6 is 0 Å². The molecule has 0 spiro atoms. The predicted molar refractivity (Wildman–Crippen MR) is 75.6 cm³/mol. The van der Waals surface area contributed by atoms with Gasteiger partial charge in [-0.05, 0) is 31.9 Å². The van der Waals surface area contributed by atoms with Crippen LogP contribution in [0.1, 0.15) is 37.6 Å². The third kappa shape index (κ3) is 2.96. The quantitative estimate of drug-likeness (QED) is 0.888.